The van der Waals surface area contributed by atoms with E-state index in [1.54, 1.807) is 0 Å². The standard InChI is InChI=1S/C27H37N3O4/c1-18(2)15-23(30-26(33)34-17-20-9-7-6-8-10-20)25(32)29-22(24(28)31)16-19-11-13-21(14-12-19)27(3,4)5/h6-14,18,22-23H,15-17H2,1-5H3,(H2,28,31)(H,29,32)(H,30,33)/t22-,23-/m0/s1. The molecular weight excluding hydrogens is 430 g/mol. The van der Waals surface area contributed by atoms with Crippen LogP contribution in [-0.2, 0) is 32.8 Å². The predicted molar refractivity (Wildman–Crippen MR) is 133 cm³/mol. The molecule has 0 aliphatic carbocycles. The average Bonchev–Trinajstić information content (AvgIpc) is 2.77. The third-order valence-electron chi connectivity index (χ3n) is 5.45. The maximum atomic E-state index is 13.0. The number of primary amides is 1. The number of ether oxygens (including phenoxy) is 1. The van der Waals surface area contributed by atoms with E-state index in [2.05, 4.69) is 31.4 Å². The van der Waals surface area contributed by atoms with Gasteiger partial charge < -0.3 is 21.1 Å². The van der Waals surface area contributed by atoms with E-state index in [0.29, 0.717) is 6.42 Å². The summed E-state index contributed by atoms with van der Waals surface area (Å²) in [5, 5.41) is 5.34. The first kappa shape index (κ1) is 26.9. The molecule has 0 spiro atoms. The smallest absolute Gasteiger partial charge is 0.408 e. The number of alkyl carbamates (subject to hydrolysis) is 1. The lowest BCUT2D eigenvalue weighted by atomic mass is 9.86. The summed E-state index contributed by atoms with van der Waals surface area (Å²) < 4.78 is 5.26. The lowest BCUT2D eigenvalue weighted by Crippen LogP contribution is -2.54. The zero-order chi connectivity index (χ0) is 25.3. The number of amides is 3. The molecular formula is C27H37N3O4. The SMILES string of the molecule is CC(C)C[C@H](NC(=O)OCc1ccccc1)C(=O)N[C@@H](Cc1ccc(C(C)(C)C)cc1)C(N)=O. The summed E-state index contributed by atoms with van der Waals surface area (Å²) in [6.45, 7) is 10.4. The van der Waals surface area contributed by atoms with Crippen LogP contribution in [0.5, 0.6) is 0 Å². The molecule has 7 nitrogen and oxygen atoms in total. The summed E-state index contributed by atoms with van der Waals surface area (Å²) in [5.74, 6) is -0.981. The molecule has 0 saturated carbocycles. The zero-order valence-electron chi connectivity index (χ0n) is 20.8. The Bertz CT molecular complexity index is 950. The average molecular weight is 468 g/mol. The number of benzene rings is 2. The van der Waals surface area contributed by atoms with E-state index in [4.69, 9.17) is 10.5 Å². The summed E-state index contributed by atoms with van der Waals surface area (Å²) in [4.78, 5) is 37.4. The summed E-state index contributed by atoms with van der Waals surface area (Å²) in [5.41, 5.74) is 8.49. The van der Waals surface area contributed by atoms with Crippen molar-refractivity contribution in [3.05, 3.63) is 71.3 Å². The van der Waals surface area contributed by atoms with Crippen molar-refractivity contribution >= 4 is 17.9 Å². The van der Waals surface area contributed by atoms with Crippen LogP contribution in [0.4, 0.5) is 4.79 Å². The Kier molecular flexibility index (Phi) is 9.66. The number of rotatable bonds is 10. The maximum Gasteiger partial charge on any atom is 0.408 e. The second-order valence-corrected chi connectivity index (χ2v) is 10.0. The van der Waals surface area contributed by atoms with Gasteiger partial charge in [0.2, 0.25) is 11.8 Å². The van der Waals surface area contributed by atoms with Crippen LogP contribution in [-0.4, -0.2) is 30.0 Å². The Morgan fingerprint density at radius 1 is 0.882 bits per heavy atom. The van der Waals surface area contributed by atoms with Gasteiger partial charge in [-0.3, -0.25) is 9.59 Å². The predicted octanol–water partition coefficient (Wildman–Crippen LogP) is 3.84. The molecule has 0 aromatic heterocycles. The Morgan fingerprint density at radius 3 is 2.03 bits per heavy atom. The number of carbonyl (C=O) groups is 3. The molecule has 0 fully saturated rings. The van der Waals surface area contributed by atoms with Gasteiger partial charge in [0, 0.05) is 6.42 Å². The van der Waals surface area contributed by atoms with Crippen molar-refractivity contribution in [3.63, 3.8) is 0 Å². The third kappa shape index (κ3) is 8.89. The Hall–Kier alpha value is -3.35. The van der Waals surface area contributed by atoms with E-state index < -0.39 is 30.0 Å². The molecule has 0 saturated heterocycles. The normalized spacial score (nSPS) is 13.1. The van der Waals surface area contributed by atoms with Gasteiger partial charge in [0.15, 0.2) is 0 Å². The molecule has 0 radical (unpaired) electrons. The fourth-order valence-corrected chi connectivity index (χ4v) is 3.48. The molecule has 2 aromatic rings. The largest absolute Gasteiger partial charge is 0.445 e. The van der Waals surface area contributed by atoms with Gasteiger partial charge >= 0.3 is 6.09 Å². The molecule has 0 bridgehead atoms. The fourth-order valence-electron chi connectivity index (χ4n) is 3.48. The first-order chi connectivity index (χ1) is 16.0. The van der Waals surface area contributed by atoms with Gasteiger partial charge in [0.25, 0.3) is 0 Å². The Morgan fingerprint density at radius 2 is 1.50 bits per heavy atom. The van der Waals surface area contributed by atoms with Crippen LogP contribution >= 0.6 is 0 Å². The van der Waals surface area contributed by atoms with E-state index >= 15 is 0 Å². The second-order valence-electron chi connectivity index (χ2n) is 10.0. The quantitative estimate of drug-likeness (QED) is 0.493. The van der Waals surface area contributed by atoms with E-state index in [9.17, 15) is 14.4 Å². The highest BCUT2D eigenvalue weighted by Crippen LogP contribution is 2.22. The molecule has 184 valence electrons. The monoisotopic (exact) mass is 467 g/mol. The van der Waals surface area contributed by atoms with Crippen LogP contribution in [0.3, 0.4) is 0 Å². The molecule has 7 heteroatoms. The van der Waals surface area contributed by atoms with Crippen molar-refractivity contribution < 1.29 is 19.1 Å². The van der Waals surface area contributed by atoms with Crippen LogP contribution in [0.15, 0.2) is 54.6 Å². The first-order valence-electron chi connectivity index (χ1n) is 11.6. The van der Waals surface area contributed by atoms with Gasteiger partial charge in [-0.25, -0.2) is 4.79 Å². The number of nitrogens with one attached hydrogen (secondary N) is 2. The molecule has 0 aliphatic rings. The van der Waals surface area contributed by atoms with Crippen molar-refractivity contribution in [2.45, 2.75) is 71.6 Å². The fraction of sp³-hybridized carbons (Fsp3) is 0.444. The molecule has 2 aromatic carbocycles. The maximum absolute atomic E-state index is 13.0. The molecule has 34 heavy (non-hydrogen) atoms. The highest BCUT2D eigenvalue weighted by atomic mass is 16.5. The summed E-state index contributed by atoms with van der Waals surface area (Å²) in [7, 11) is 0. The van der Waals surface area contributed by atoms with Crippen molar-refractivity contribution in [1.29, 1.82) is 0 Å². The topological polar surface area (TPSA) is 111 Å². The van der Waals surface area contributed by atoms with Crippen molar-refractivity contribution in [3.8, 4) is 0 Å². The zero-order valence-corrected chi connectivity index (χ0v) is 20.8. The van der Waals surface area contributed by atoms with Crippen LogP contribution in [0.25, 0.3) is 0 Å². The molecule has 0 unspecified atom stereocenters. The summed E-state index contributed by atoms with van der Waals surface area (Å²) >= 11 is 0. The van der Waals surface area contributed by atoms with Crippen LogP contribution in [0.1, 0.15) is 57.7 Å². The summed E-state index contributed by atoms with van der Waals surface area (Å²) in [6, 6.07) is 15.4. The lowest BCUT2D eigenvalue weighted by molar-refractivity contribution is -0.128. The Labute approximate surface area is 202 Å². The molecule has 0 aliphatic heterocycles. The molecule has 3 amide bonds. The highest BCUT2D eigenvalue weighted by Gasteiger charge is 2.27. The van der Waals surface area contributed by atoms with E-state index in [1.165, 1.54) is 5.56 Å². The van der Waals surface area contributed by atoms with Gasteiger partial charge in [-0.1, -0.05) is 89.2 Å². The Balaban J connectivity index is 2.02. The van der Waals surface area contributed by atoms with Gasteiger partial charge in [-0.05, 0) is 34.4 Å². The molecule has 2 rings (SSSR count). The highest BCUT2D eigenvalue weighted by molar-refractivity contribution is 5.90. The number of carbonyl (C=O) groups excluding carboxylic acids is 3. The number of hydrogen-bond donors (Lipinski definition) is 3. The van der Waals surface area contributed by atoms with E-state index in [0.717, 1.165) is 11.1 Å². The minimum Gasteiger partial charge on any atom is -0.445 e. The van der Waals surface area contributed by atoms with Gasteiger partial charge in [-0.2, -0.15) is 0 Å². The van der Waals surface area contributed by atoms with Crippen LogP contribution in [0, 0.1) is 5.92 Å². The molecule has 4 N–H and O–H groups in total. The van der Waals surface area contributed by atoms with E-state index in [1.807, 2.05) is 68.4 Å². The van der Waals surface area contributed by atoms with Crippen molar-refractivity contribution in [2.75, 3.05) is 0 Å². The molecule has 2 atom stereocenters. The van der Waals surface area contributed by atoms with Gasteiger partial charge in [0.1, 0.15) is 18.7 Å². The lowest BCUT2D eigenvalue weighted by Gasteiger charge is -2.23. The van der Waals surface area contributed by atoms with Crippen LogP contribution < -0.4 is 16.4 Å². The third-order valence-corrected chi connectivity index (χ3v) is 5.45. The van der Waals surface area contributed by atoms with Crippen LogP contribution in [0.2, 0.25) is 0 Å². The number of hydrogen-bond acceptors (Lipinski definition) is 4. The van der Waals surface area contributed by atoms with Gasteiger partial charge in [-0.15, -0.1) is 0 Å². The summed E-state index contributed by atoms with van der Waals surface area (Å²) in [6.07, 6.45) is -0.0471. The van der Waals surface area contributed by atoms with Gasteiger partial charge in [0.05, 0.1) is 0 Å². The minimum atomic E-state index is -0.898. The molecule has 0 heterocycles. The first-order valence-corrected chi connectivity index (χ1v) is 11.6. The minimum absolute atomic E-state index is 0.0146. The van der Waals surface area contributed by atoms with Crippen molar-refractivity contribution in [2.24, 2.45) is 11.7 Å². The van der Waals surface area contributed by atoms with Crippen molar-refractivity contribution in [1.82, 2.24) is 10.6 Å². The number of nitrogens with two attached hydrogens (primary N) is 1. The van der Waals surface area contributed by atoms with E-state index in [-0.39, 0.29) is 24.4 Å². The second kappa shape index (κ2) is 12.2.